The van der Waals surface area contributed by atoms with Gasteiger partial charge in [-0.25, -0.2) is 9.18 Å². The minimum Gasteiger partial charge on any atom is -0.461 e. The number of benzene rings is 1. The average Bonchev–Trinajstić information content (AvgIpc) is 3.12. The van der Waals surface area contributed by atoms with Crippen molar-refractivity contribution in [2.45, 2.75) is 19.9 Å². The van der Waals surface area contributed by atoms with E-state index in [9.17, 15) is 9.18 Å². The fourth-order valence-corrected chi connectivity index (χ4v) is 3.06. The Labute approximate surface area is 154 Å². The molecule has 0 atom stereocenters. The third-order valence-electron chi connectivity index (χ3n) is 4.41. The van der Waals surface area contributed by atoms with Gasteiger partial charge < -0.3 is 14.2 Å². The van der Waals surface area contributed by atoms with E-state index in [0.717, 1.165) is 16.8 Å². The van der Waals surface area contributed by atoms with E-state index in [1.807, 2.05) is 4.90 Å². The number of carbonyl (C=O) groups is 1. The standard InChI is InChI=1S/C19H17FN4O3/c1-2-26-19(25)15-7-8-17(22-21-15)24-10-9-14-16(11-24)23-27-18(14)12-3-5-13(20)6-4-12/h3-8H,2,9-11H2,1H3. The maximum absolute atomic E-state index is 13.1. The second-order valence-electron chi connectivity index (χ2n) is 6.11. The van der Waals surface area contributed by atoms with Crippen molar-refractivity contribution in [2.75, 3.05) is 18.1 Å². The number of rotatable bonds is 4. The normalized spacial score (nSPS) is 13.3. The summed E-state index contributed by atoms with van der Waals surface area (Å²) < 4.78 is 23.6. The average molecular weight is 368 g/mol. The number of ether oxygens (including phenoxy) is 1. The molecule has 0 spiro atoms. The predicted octanol–water partition coefficient (Wildman–Crippen LogP) is 3.01. The minimum atomic E-state index is -0.488. The molecular formula is C19H17FN4O3. The summed E-state index contributed by atoms with van der Waals surface area (Å²) in [5, 5.41) is 12.2. The number of fused-ring (bicyclic) bond motifs is 1. The van der Waals surface area contributed by atoms with Crippen molar-refractivity contribution < 1.29 is 18.4 Å². The van der Waals surface area contributed by atoms with Crippen LogP contribution in [0.5, 0.6) is 0 Å². The molecule has 0 amide bonds. The third kappa shape index (κ3) is 3.38. The molecule has 4 rings (SSSR count). The van der Waals surface area contributed by atoms with Gasteiger partial charge in [0, 0.05) is 17.7 Å². The number of aromatic nitrogens is 3. The molecule has 0 radical (unpaired) electrons. The van der Waals surface area contributed by atoms with Gasteiger partial charge in [-0.3, -0.25) is 0 Å². The summed E-state index contributed by atoms with van der Waals surface area (Å²) >= 11 is 0. The minimum absolute atomic E-state index is 0.179. The highest BCUT2D eigenvalue weighted by Gasteiger charge is 2.25. The fourth-order valence-electron chi connectivity index (χ4n) is 3.06. The molecule has 3 aromatic rings. The summed E-state index contributed by atoms with van der Waals surface area (Å²) in [5.41, 5.74) is 2.82. The molecule has 8 heteroatoms. The van der Waals surface area contributed by atoms with Crippen LogP contribution < -0.4 is 4.90 Å². The molecule has 1 aliphatic rings. The summed E-state index contributed by atoms with van der Waals surface area (Å²) in [5.74, 6) is 0.550. The van der Waals surface area contributed by atoms with Gasteiger partial charge in [0.1, 0.15) is 11.5 Å². The Morgan fingerprint density at radius 3 is 2.74 bits per heavy atom. The third-order valence-corrected chi connectivity index (χ3v) is 4.41. The van der Waals surface area contributed by atoms with Gasteiger partial charge in [-0.2, -0.15) is 0 Å². The topological polar surface area (TPSA) is 81.4 Å². The SMILES string of the molecule is CCOC(=O)c1ccc(N2CCc3c(noc3-c3ccc(F)cc3)C2)nn1. The summed E-state index contributed by atoms with van der Waals surface area (Å²) in [6.07, 6.45) is 0.715. The molecule has 0 unspecified atom stereocenters. The lowest BCUT2D eigenvalue weighted by molar-refractivity contribution is 0.0518. The zero-order valence-corrected chi connectivity index (χ0v) is 14.7. The highest BCUT2D eigenvalue weighted by Crippen LogP contribution is 2.31. The number of esters is 1. The monoisotopic (exact) mass is 368 g/mol. The van der Waals surface area contributed by atoms with Crippen molar-refractivity contribution in [3.8, 4) is 11.3 Å². The highest BCUT2D eigenvalue weighted by atomic mass is 19.1. The van der Waals surface area contributed by atoms with E-state index < -0.39 is 5.97 Å². The molecule has 1 aliphatic heterocycles. The van der Waals surface area contributed by atoms with Gasteiger partial charge in [0.25, 0.3) is 0 Å². The Morgan fingerprint density at radius 1 is 1.22 bits per heavy atom. The molecule has 0 saturated heterocycles. The quantitative estimate of drug-likeness (QED) is 0.655. The molecule has 0 fully saturated rings. The second-order valence-corrected chi connectivity index (χ2v) is 6.11. The lowest BCUT2D eigenvalue weighted by atomic mass is 10.0. The Bertz CT molecular complexity index is 954. The Morgan fingerprint density at radius 2 is 2.04 bits per heavy atom. The largest absolute Gasteiger partial charge is 0.461 e. The summed E-state index contributed by atoms with van der Waals surface area (Å²) in [6.45, 7) is 3.26. The maximum atomic E-state index is 13.1. The van der Waals surface area contributed by atoms with Crippen LogP contribution in [0.1, 0.15) is 28.7 Å². The van der Waals surface area contributed by atoms with Gasteiger partial charge in [-0.15, -0.1) is 10.2 Å². The van der Waals surface area contributed by atoms with Crippen molar-refractivity contribution in [1.82, 2.24) is 15.4 Å². The van der Waals surface area contributed by atoms with Crippen molar-refractivity contribution >= 4 is 11.8 Å². The van der Waals surface area contributed by atoms with Gasteiger partial charge in [-0.1, -0.05) is 5.16 Å². The molecule has 0 saturated carbocycles. The van der Waals surface area contributed by atoms with E-state index in [2.05, 4.69) is 15.4 Å². The number of nitrogens with zero attached hydrogens (tertiary/aromatic N) is 4. The van der Waals surface area contributed by atoms with Gasteiger partial charge in [0.05, 0.1) is 13.2 Å². The summed E-state index contributed by atoms with van der Waals surface area (Å²) in [4.78, 5) is 13.7. The number of hydrogen-bond donors (Lipinski definition) is 0. The number of carbonyl (C=O) groups excluding carboxylic acids is 1. The Kier molecular flexibility index (Phi) is 4.53. The van der Waals surface area contributed by atoms with Crippen molar-refractivity contribution in [2.24, 2.45) is 0 Å². The van der Waals surface area contributed by atoms with E-state index in [1.165, 1.54) is 12.1 Å². The Hall–Kier alpha value is -3.29. The van der Waals surface area contributed by atoms with Crippen LogP contribution in [-0.4, -0.2) is 34.5 Å². The van der Waals surface area contributed by atoms with Crippen LogP contribution in [0.25, 0.3) is 11.3 Å². The lowest BCUT2D eigenvalue weighted by Gasteiger charge is -2.26. The fraction of sp³-hybridized carbons (Fsp3) is 0.263. The predicted molar refractivity (Wildman–Crippen MR) is 94.6 cm³/mol. The van der Waals surface area contributed by atoms with Gasteiger partial charge >= 0.3 is 5.97 Å². The van der Waals surface area contributed by atoms with Gasteiger partial charge in [-0.05, 0) is 49.7 Å². The first-order valence-electron chi connectivity index (χ1n) is 8.65. The zero-order chi connectivity index (χ0) is 18.8. The first-order chi connectivity index (χ1) is 13.2. The summed E-state index contributed by atoms with van der Waals surface area (Å²) in [7, 11) is 0. The Balaban J connectivity index is 1.52. The number of anilines is 1. The second kappa shape index (κ2) is 7.14. The van der Waals surface area contributed by atoms with E-state index >= 15 is 0 Å². The highest BCUT2D eigenvalue weighted by molar-refractivity contribution is 5.87. The molecule has 0 N–H and O–H groups in total. The van der Waals surface area contributed by atoms with Crippen molar-refractivity contribution in [3.05, 3.63) is 59.2 Å². The van der Waals surface area contributed by atoms with Crippen molar-refractivity contribution in [1.29, 1.82) is 0 Å². The van der Waals surface area contributed by atoms with Crippen molar-refractivity contribution in [3.63, 3.8) is 0 Å². The van der Waals surface area contributed by atoms with Crippen LogP contribution in [0, 0.1) is 5.82 Å². The van der Waals surface area contributed by atoms with Crippen LogP contribution in [0.3, 0.4) is 0 Å². The summed E-state index contributed by atoms with van der Waals surface area (Å²) in [6, 6.07) is 9.51. The molecule has 0 bridgehead atoms. The number of halogens is 1. The lowest BCUT2D eigenvalue weighted by Crippen LogP contribution is -2.31. The van der Waals surface area contributed by atoms with E-state index in [-0.39, 0.29) is 11.5 Å². The van der Waals surface area contributed by atoms with E-state index in [4.69, 9.17) is 9.26 Å². The van der Waals surface area contributed by atoms with Gasteiger partial charge in [0.2, 0.25) is 0 Å². The van der Waals surface area contributed by atoms with Crippen LogP contribution in [0.15, 0.2) is 40.9 Å². The molecule has 7 nitrogen and oxygen atoms in total. The molecule has 0 aliphatic carbocycles. The zero-order valence-electron chi connectivity index (χ0n) is 14.7. The van der Waals surface area contributed by atoms with Crippen LogP contribution >= 0.6 is 0 Å². The van der Waals surface area contributed by atoms with Crippen LogP contribution in [-0.2, 0) is 17.7 Å². The molecule has 3 heterocycles. The van der Waals surface area contributed by atoms with Crippen LogP contribution in [0.2, 0.25) is 0 Å². The smallest absolute Gasteiger partial charge is 0.358 e. The number of hydrogen-bond acceptors (Lipinski definition) is 7. The molecule has 1 aromatic carbocycles. The first-order valence-corrected chi connectivity index (χ1v) is 8.65. The van der Waals surface area contributed by atoms with E-state index in [1.54, 1.807) is 31.2 Å². The maximum Gasteiger partial charge on any atom is 0.358 e. The van der Waals surface area contributed by atoms with Gasteiger partial charge in [0.15, 0.2) is 17.3 Å². The molecule has 138 valence electrons. The molecular weight excluding hydrogens is 351 g/mol. The first kappa shape index (κ1) is 17.1. The molecule has 2 aromatic heterocycles. The molecule has 27 heavy (non-hydrogen) atoms. The van der Waals surface area contributed by atoms with E-state index in [0.29, 0.717) is 37.7 Å². The van der Waals surface area contributed by atoms with Crippen LogP contribution in [0.4, 0.5) is 10.2 Å².